The maximum absolute atomic E-state index is 15.1. The molecule has 1 fully saturated rings. The number of ether oxygens (including phenoxy) is 1. The zero-order valence-corrected chi connectivity index (χ0v) is 22.6. The molecule has 15 heteroatoms. The van der Waals surface area contributed by atoms with Gasteiger partial charge in [-0.2, -0.15) is 0 Å². The molecule has 2 aromatic heterocycles. The Balaban J connectivity index is 1.25. The predicted molar refractivity (Wildman–Crippen MR) is 146 cm³/mol. The maximum Gasteiger partial charge on any atom is 0.414 e. The number of nitrogens with one attached hydrogen (secondary N) is 2. The minimum Gasteiger partial charge on any atom is -0.465 e. The number of benzene rings is 1. The summed E-state index contributed by atoms with van der Waals surface area (Å²) in [7, 11) is 1.63. The van der Waals surface area contributed by atoms with Gasteiger partial charge < -0.3 is 34.7 Å². The van der Waals surface area contributed by atoms with Crippen molar-refractivity contribution in [2.75, 3.05) is 56.1 Å². The van der Waals surface area contributed by atoms with Crippen LogP contribution < -0.4 is 20.4 Å². The SMILES string of the molecule is CCN(CCCN(C)C(=O)CNC(=O)c1cn2ccncc2n1)c1ccc(N2C[C@H](CNC(=O)O)OC2=O)cc1F. The van der Waals surface area contributed by atoms with Crippen molar-refractivity contribution in [1.29, 1.82) is 0 Å². The van der Waals surface area contributed by atoms with Crippen LogP contribution in [0.2, 0.25) is 0 Å². The highest BCUT2D eigenvalue weighted by atomic mass is 19.1. The Morgan fingerprint density at radius 1 is 1.24 bits per heavy atom. The molecule has 0 aliphatic carbocycles. The van der Waals surface area contributed by atoms with Gasteiger partial charge in [-0.1, -0.05) is 0 Å². The summed E-state index contributed by atoms with van der Waals surface area (Å²) in [5, 5.41) is 13.5. The second kappa shape index (κ2) is 12.9. The van der Waals surface area contributed by atoms with Crippen molar-refractivity contribution < 1.29 is 33.4 Å². The maximum atomic E-state index is 15.1. The number of carbonyl (C=O) groups is 4. The summed E-state index contributed by atoms with van der Waals surface area (Å²) in [6.07, 6.45) is 4.28. The standard InChI is InChI=1S/C26H31FN8O6/c1-3-33(21-6-5-17(11-19(21)27)35-15-18(41-26(35)40)12-30-25(38)39)9-4-8-32(2)23(36)14-29-24(37)20-16-34-10-7-28-13-22(34)31-20/h5-7,10-11,13,16,18,30H,3-4,8-9,12,14-15H2,1-2H3,(H,29,37)(H,38,39)/t18-/m0/s1. The zero-order valence-electron chi connectivity index (χ0n) is 22.6. The second-order valence-corrected chi connectivity index (χ2v) is 9.34. The topological polar surface area (TPSA) is 162 Å². The first-order valence-electron chi connectivity index (χ1n) is 13.0. The molecule has 0 saturated carbocycles. The summed E-state index contributed by atoms with van der Waals surface area (Å²) < 4.78 is 21.9. The van der Waals surface area contributed by atoms with E-state index < -0.39 is 30.0 Å². The number of hydrogen-bond acceptors (Lipinski definition) is 8. The van der Waals surface area contributed by atoms with Crippen LogP contribution in [0.5, 0.6) is 0 Å². The van der Waals surface area contributed by atoms with Gasteiger partial charge in [0.05, 0.1) is 37.2 Å². The third-order valence-corrected chi connectivity index (χ3v) is 6.56. The normalized spacial score (nSPS) is 14.6. The van der Waals surface area contributed by atoms with Gasteiger partial charge in [-0.3, -0.25) is 19.5 Å². The molecule has 0 radical (unpaired) electrons. The van der Waals surface area contributed by atoms with Gasteiger partial charge in [-0.25, -0.2) is 19.0 Å². The molecule has 4 rings (SSSR count). The van der Waals surface area contributed by atoms with Gasteiger partial charge in [-0.15, -0.1) is 0 Å². The van der Waals surface area contributed by atoms with Gasteiger partial charge in [0, 0.05) is 45.3 Å². The van der Waals surface area contributed by atoms with Gasteiger partial charge in [-0.05, 0) is 31.5 Å². The van der Waals surface area contributed by atoms with Crippen LogP contribution in [0, 0.1) is 5.82 Å². The van der Waals surface area contributed by atoms with Crippen LogP contribution in [-0.2, 0) is 9.53 Å². The average molecular weight is 571 g/mol. The minimum absolute atomic E-state index is 0.0646. The molecule has 1 aliphatic heterocycles. The van der Waals surface area contributed by atoms with E-state index in [9.17, 15) is 19.2 Å². The molecular weight excluding hydrogens is 539 g/mol. The van der Waals surface area contributed by atoms with Crippen molar-refractivity contribution >= 4 is 41.0 Å². The first-order valence-corrected chi connectivity index (χ1v) is 13.0. The molecule has 0 bridgehead atoms. The summed E-state index contributed by atoms with van der Waals surface area (Å²) in [6.45, 7) is 3.06. The van der Waals surface area contributed by atoms with E-state index in [1.54, 1.807) is 42.2 Å². The lowest BCUT2D eigenvalue weighted by atomic mass is 10.2. The van der Waals surface area contributed by atoms with Gasteiger partial charge in [0.25, 0.3) is 5.91 Å². The van der Waals surface area contributed by atoms with Crippen LogP contribution in [-0.4, -0.2) is 101 Å². The van der Waals surface area contributed by atoms with Crippen molar-refractivity contribution in [3.8, 4) is 0 Å². The fraction of sp³-hybridized carbons (Fsp3) is 0.385. The second-order valence-electron chi connectivity index (χ2n) is 9.34. The highest BCUT2D eigenvalue weighted by Gasteiger charge is 2.33. The molecule has 3 heterocycles. The third-order valence-electron chi connectivity index (χ3n) is 6.56. The summed E-state index contributed by atoms with van der Waals surface area (Å²) >= 11 is 0. The molecule has 0 spiro atoms. The van der Waals surface area contributed by atoms with E-state index in [0.29, 0.717) is 43.1 Å². The van der Waals surface area contributed by atoms with Gasteiger partial charge in [0.15, 0.2) is 5.65 Å². The van der Waals surface area contributed by atoms with Crippen LogP contribution in [0.1, 0.15) is 23.8 Å². The van der Waals surface area contributed by atoms with Gasteiger partial charge in [0.2, 0.25) is 5.91 Å². The quantitative estimate of drug-likeness (QED) is 0.293. The lowest BCUT2D eigenvalue weighted by molar-refractivity contribution is -0.128. The molecule has 14 nitrogen and oxygen atoms in total. The monoisotopic (exact) mass is 570 g/mol. The number of carbonyl (C=O) groups excluding carboxylic acids is 3. The van der Waals surface area contributed by atoms with Crippen molar-refractivity contribution in [1.82, 2.24) is 29.9 Å². The van der Waals surface area contributed by atoms with E-state index in [1.165, 1.54) is 22.1 Å². The Bertz CT molecular complexity index is 1400. The number of halogens is 1. The van der Waals surface area contributed by atoms with Crippen LogP contribution in [0.3, 0.4) is 0 Å². The molecule has 1 saturated heterocycles. The first kappa shape index (κ1) is 29.0. The summed E-state index contributed by atoms with van der Waals surface area (Å²) in [5.41, 5.74) is 1.34. The molecule has 1 atom stereocenters. The number of imidazole rings is 1. The Hall–Kier alpha value is -4.95. The Labute approximate surface area is 234 Å². The number of hydrogen-bond donors (Lipinski definition) is 3. The number of rotatable bonds is 12. The van der Waals surface area contributed by atoms with Crippen LogP contribution in [0.4, 0.5) is 25.4 Å². The van der Waals surface area contributed by atoms with Crippen LogP contribution in [0.15, 0.2) is 43.0 Å². The Kier molecular flexibility index (Phi) is 9.16. The van der Waals surface area contributed by atoms with E-state index in [-0.39, 0.29) is 31.2 Å². The van der Waals surface area contributed by atoms with Crippen LogP contribution >= 0.6 is 0 Å². The van der Waals surface area contributed by atoms with Crippen molar-refractivity contribution in [3.63, 3.8) is 0 Å². The average Bonchev–Trinajstić information content (AvgIpc) is 3.56. The number of likely N-dealkylation sites (N-methyl/N-ethyl adjacent to an activating group) is 1. The van der Waals surface area contributed by atoms with Crippen LogP contribution in [0.25, 0.3) is 5.65 Å². The van der Waals surface area contributed by atoms with E-state index in [4.69, 9.17) is 9.84 Å². The van der Waals surface area contributed by atoms with Crippen molar-refractivity contribution in [3.05, 3.63) is 54.5 Å². The lowest BCUT2D eigenvalue weighted by Crippen LogP contribution is -2.39. The van der Waals surface area contributed by atoms with Crippen molar-refractivity contribution in [2.45, 2.75) is 19.4 Å². The smallest absolute Gasteiger partial charge is 0.414 e. The minimum atomic E-state index is -1.23. The molecule has 3 aromatic rings. The fourth-order valence-corrected chi connectivity index (χ4v) is 4.37. The van der Waals surface area contributed by atoms with E-state index in [0.717, 1.165) is 0 Å². The highest BCUT2D eigenvalue weighted by molar-refractivity contribution is 5.95. The number of fused-ring (bicyclic) bond motifs is 1. The number of amides is 4. The molecule has 1 aromatic carbocycles. The fourth-order valence-electron chi connectivity index (χ4n) is 4.37. The lowest BCUT2D eigenvalue weighted by Gasteiger charge is -2.26. The number of nitrogens with zero attached hydrogens (tertiary/aromatic N) is 6. The van der Waals surface area contributed by atoms with E-state index in [1.807, 2.05) is 11.8 Å². The number of cyclic esters (lactones) is 1. The van der Waals surface area contributed by atoms with Gasteiger partial charge >= 0.3 is 12.2 Å². The molecular formula is C26H31FN8O6. The van der Waals surface area contributed by atoms with Crippen molar-refractivity contribution in [2.24, 2.45) is 0 Å². The summed E-state index contributed by atoms with van der Waals surface area (Å²) in [4.78, 5) is 60.5. The molecule has 41 heavy (non-hydrogen) atoms. The molecule has 218 valence electrons. The Morgan fingerprint density at radius 2 is 2.05 bits per heavy atom. The zero-order chi connectivity index (χ0) is 29.5. The van der Waals surface area contributed by atoms with E-state index >= 15 is 4.39 Å². The van der Waals surface area contributed by atoms with E-state index in [2.05, 4.69) is 20.6 Å². The molecule has 4 amide bonds. The number of aromatic nitrogens is 3. The molecule has 1 aliphatic rings. The summed E-state index contributed by atoms with van der Waals surface area (Å²) in [6, 6.07) is 4.42. The highest BCUT2D eigenvalue weighted by Crippen LogP contribution is 2.28. The third kappa shape index (κ3) is 7.17. The predicted octanol–water partition coefficient (Wildman–Crippen LogP) is 1.57. The number of anilines is 2. The first-order chi connectivity index (χ1) is 19.7. The molecule has 3 N–H and O–H groups in total. The van der Waals surface area contributed by atoms with Gasteiger partial charge in [0.1, 0.15) is 17.6 Å². The Morgan fingerprint density at radius 3 is 2.76 bits per heavy atom. The summed E-state index contributed by atoms with van der Waals surface area (Å²) in [5.74, 6) is -1.28. The largest absolute Gasteiger partial charge is 0.465 e. The number of carboxylic acid groups (broad SMARTS) is 1. The molecule has 0 unspecified atom stereocenters.